The van der Waals surface area contributed by atoms with Gasteiger partial charge < -0.3 is 13.9 Å². The summed E-state index contributed by atoms with van der Waals surface area (Å²) in [6.45, 7) is 5.62. The first kappa shape index (κ1) is 24.6. The molecule has 202 valence electrons. The van der Waals surface area contributed by atoms with Gasteiger partial charge in [0.25, 0.3) is 0 Å². The Kier molecular flexibility index (Phi) is 6.04. The van der Waals surface area contributed by atoms with E-state index in [1.807, 2.05) is 12.5 Å². The van der Waals surface area contributed by atoms with Crippen molar-refractivity contribution in [2.45, 2.75) is 107 Å². The number of hydrogen-bond acceptors (Lipinski definition) is 6. The van der Waals surface area contributed by atoms with E-state index >= 15 is 0 Å². The van der Waals surface area contributed by atoms with Crippen LogP contribution in [0.2, 0.25) is 0 Å². The van der Waals surface area contributed by atoms with Gasteiger partial charge in [-0.3, -0.25) is 14.0 Å². The fraction of sp³-hybridized carbons (Fsp3) is 0.733. The maximum absolute atomic E-state index is 14.2. The van der Waals surface area contributed by atoms with Gasteiger partial charge >= 0.3 is 0 Å². The molecule has 5 aliphatic rings. The lowest BCUT2D eigenvalue weighted by Gasteiger charge is -2.57. The van der Waals surface area contributed by atoms with Crippen LogP contribution in [0.1, 0.15) is 94.8 Å². The fourth-order valence-corrected chi connectivity index (χ4v) is 11.6. The van der Waals surface area contributed by atoms with Crippen molar-refractivity contribution < 1.29 is 18.1 Å². The average molecular weight is 527 g/mol. The molecule has 0 radical (unpaired) electrons. The zero-order chi connectivity index (χ0) is 25.4. The normalized spacial score (nSPS) is 46.8. The third-order valence-electron chi connectivity index (χ3n) is 11.2. The number of aliphatic hydroxyl groups excluding tert-OH is 1. The van der Waals surface area contributed by atoms with Crippen LogP contribution in [0.25, 0.3) is 0 Å². The lowest BCUT2D eigenvalue weighted by molar-refractivity contribution is -0.182. The number of nitrogens with zero attached hydrogens (tertiary/aromatic N) is 2. The van der Waals surface area contributed by atoms with Gasteiger partial charge in [-0.25, -0.2) is 0 Å². The lowest BCUT2D eigenvalue weighted by Crippen LogP contribution is -2.62. The molecule has 2 aromatic rings. The molecule has 7 heteroatoms. The van der Waals surface area contributed by atoms with E-state index in [0.29, 0.717) is 35.7 Å². The molecule has 7 rings (SSSR count). The first-order valence-corrected chi connectivity index (χ1v) is 15.9. The second kappa shape index (κ2) is 9.07. The largest absolute Gasteiger partial charge is 0.472 e. The molecule has 0 bridgehead atoms. The highest BCUT2D eigenvalue weighted by molar-refractivity contribution is 7.86. The Balaban J connectivity index is 1.19. The van der Waals surface area contributed by atoms with Crippen LogP contribution in [0.5, 0.6) is 0 Å². The Morgan fingerprint density at radius 1 is 0.892 bits per heavy atom. The summed E-state index contributed by atoms with van der Waals surface area (Å²) in [7, 11) is -0.953. The molecule has 7 heterocycles. The molecular weight excluding hydrogens is 484 g/mol. The number of piperidine rings is 4. The molecule has 0 amide bonds. The van der Waals surface area contributed by atoms with Crippen molar-refractivity contribution in [3.63, 3.8) is 0 Å². The number of hydrogen-bond donors (Lipinski definition) is 1. The zero-order valence-electron chi connectivity index (χ0n) is 22.3. The Labute approximate surface area is 223 Å². The molecule has 0 unspecified atom stereocenters. The van der Waals surface area contributed by atoms with Crippen LogP contribution < -0.4 is 0 Å². The molecule has 2 spiro atoms. The summed E-state index contributed by atoms with van der Waals surface area (Å²) < 4.78 is 24.9. The number of furan rings is 2. The topological polar surface area (TPSA) is 70.1 Å². The third kappa shape index (κ3) is 3.78. The quantitative estimate of drug-likeness (QED) is 0.546. The SMILES string of the molecule is C[C@@H]1CC[C@@H](c2ccoc2)N2C[C@@]3(CC[C@@H]12)C[C@]1(CC[C@H]2[C@H](C)CC[C@@H](c4ccoc4)N2[C@@H]1O)C[S@@]3=O. The number of aliphatic hydroxyl groups is 1. The highest BCUT2D eigenvalue weighted by Crippen LogP contribution is 2.58. The smallest absolute Gasteiger partial charge is 0.114 e. The molecule has 5 saturated heterocycles. The second-order valence-electron chi connectivity index (χ2n) is 13.2. The molecular formula is C30H42N2O4S. The number of rotatable bonds is 2. The van der Waals surface area contributed by atoms with Gasteiger partial charge in [0.1, 0.15) is 6.23 Å². The molecule has 0 aliphatic carbocycles. The van der Waals surface area contributed by atoms with Crippen molar-refractivity contribution >= 4 is 10.8 Å². The zero-order valence-corrected chi connectivity index (χ0v) is 23.1. The van der Waals surface area contributed by atoms with Crippen molar-refractivity contribution in [1.29, 1.82) is 0 Å². The maximum Gasteiger partial charge on any atom is 0.114 e. The first-order valence-electron chi connectivity index (χ1n) is 14.5. The third-order valence-corrected chi connectivity index (χ3v) is 13.5. The maximum atomic E-state index is 14.2. The molecule has 5 fully saturated rings. The summed E-state index contributed by atoms with van der Waals surface area (Å²) in [5.74, 6) is 1.86. The van der Waals surface area contributed by atoms with Crippen molar-refractivity contribution in [2.24, 2.45) is 17.3 Å². The predicted molar refractivity (Wildman–Crippen MR) is 143 cm³/mol. The summed E-state index contributed by atoms with van der Waals surface area (Å²) in [6.07, 6.45) is 16.4. The van der Waals surface area contributed by atoms with Gasteiger partial charge in [-0.1, -0.05) is 13.8 Å². The average Bonchev–Trinajstić information content (AvgIpc) is 3.65. The molecule has 1 N–H and O–H groups in total. The Hall–Kier alpha value is -1.41. The van der Waals surface area contributed by atoms with Gasteiger partial charge in [0.2, 0.25) is 0 Å². The minimum absolute atomic E-state index is 0.182. The molecule has 10 atom stereocenters. The molecule has 6 nitrogen and oxygen atoms in total. The van der Waals surface area contributed by atoms with Gasteiger partial charge in [-0.15, -0.1) is 0 Å². The first-order chi connectivity index (χ1) is 17.9. The van der Waals surface area contributed by atoms with E-state index < -0.39 is 17.0 Å². The van der Waals surface area contributed by atoms with Crippen molar-refractivity contribution in [3.05, 3.63) is 48.3 Å². The molecule has 0 aromatic carbocycles. The van der Waals surface area contributed by atoms with Crippen molar-refractivity contribution in [3.8, 4) is 0 Å². The number of fused-ring (bicyclic) bond motifs is 2. The van der Waals surface area contributed by atoms with Crippen LogP contribution in [0.4, 0.5) is 0 Å². The van der Waals surface area contributed by atoms with Crippen molar-refractivity contribution in [2.75, 3.05) is 12.3 Å². The van der Waals surface area contributed by atoms with E-state index in [4.69, 9.17) is 8.83 Å². The van der Waals surface area contributed by atoms with Crippen LogP contribution in [-0.2, 0) is 10.8 Å². The van der Waals surface area contributed by atoms with Gasteiger partial charge in [-0.2, -0.15) is 0 Å². The van der Waals surface area contributed by atoms with Crippen LogP contribution in [-0.4, -0.2) is 54.5 Å². The van der Waals surface area contributed by atoms with Gasteiger partial charge in [-0.05, 0) is 81.8 Å². The molecule has 0 saturated carbocycles. The Bertz CT molecular complexity index is 1120. The minimum atomic E-state index is -0.953. The monoisotopic (exact) mass is 526 g/mol. The highest BCUT2D eigenvalue weighted by atomic mass is 32.2. The van der Waals surface area contributed by atoms with E-state index in [-0.39, 0.29) is 16.2 Å². The van der Waals surface area contributed by atoms with E-state index in [9.17, 15) is 9.32 Å². The second-order valence-corrected chi connectivity index (χ2v) is 15.0. The van der Waals surface area contributed by atoms with Crippen LogP contribution in [0, 0.1) is 17.3 Å². The van der Waals surface area contributed by atoms with Gasteiger partial charge in [0, 0.05) is 63.8 Å². The van der Waals surface area contributed by atoms with E-state index in [1.54, 1.807) is 12.5 Å². The van der Waals surface area contributed by atoms with Crippen molar-refractivity contribution in [1.82, 2.24) is 9.80 Å². The highest BCUT2D eigenvalue weighted by Gasteiger charge is 2.63. The van der Waals surface area contributed by atoms with Gasteiger partial charge in [0.15, 0.2) is 0 Å². The molecule has 5 aliphatic heterocycles. The summed E-state index contributed by atoms with van der Waals surface area (Å²) in [5.41, 5.74) is 2.14. The summed E-state index contributed by atoms with van der Waals surface area (Å²) in [4.78, 5) is 5.11. The van der Waals surface area contributed by atoms with E-state index in [2.05, 4.69) is 35.8 Å². The Morgan fingerprint density at radius 3 is 2.24 bits per heavy atom. The Morgan fingerprint density at radius 2 is 1.54 bits per heavy atom. The van der Waals surface area contributed by atoms with Crippen LogP contribution in [0.3, 0.4) is 0 Å². The van der Waals surface area contributed by atoms with Crippen LogP contribution in [0.15, 0.2) is 46.0 Å². The summed E-state index contributed by atoms with van der Waals surface area (Å²) in [6, 6.07) is 5.63. The van der Waals surface area contributed by atoms with E-state index in [0.717, 1.165) is 51.5 Å². The van der Waals surface area contributed by atoms with Gasteiger partial charge in [0.05, 0.1) is 29.8 Å². The molecule has 37 heavy (non-hydrogen) atoms. The predicted octanol–water partition coefficient (Wildman–Crippen LogP) is 5.64. The standard InChI is InChI=1S/C30H42N2O4S/c1-20-3-5-26(22-9-13-35-15-22)31-18-30(12-8-24(20)31)17-29(19-37(30)34)11-7-25-21(2)4-6-27(32(25)28(29)33)23-10-14-36-16-23/h9-10,13-16,20-21,24-28,33H,3-8,11-12,17-19H2,1-2H3/t20-,21-,24+,25+,26+,27+,28-,29-,30-,37+/m1/s1. The summed E-state index contributed by atoms with van der Waals surface area (Å²) >= 11 is 0. The minimum Gasteiger partial charge on any atom is -0.472 e. The van der Waals surface area contributed by atoms with Crippen LogP contribution >= 0.6 is 0 Å². The fourth-order valence-electron chi connectivity index (χ4n) is 9.26. The summed E-state index contributed by atoms with van der Waals surface area (Å²) in [5, 5.41) is 12.2. The van der Waals surface area contributed by atoms with E-state index in [1.165, 1.54) is 24.0 Å². The lowest BCUT2D eigenvalue weighted by atomic mass is 9.66. The molecule has 2 aromatic heterocycles.